The van der Waals surface area contributed by atoms with Gasteiger partial charge in [-0.25, -0.2) is 9.78 Å². The van der Waals surface area contributed by atoms with Gasteiger partial charge in [0, 0.05) is 19.2 Å². The van der Waals surface area contributed by atoms with Crippen molar-refractivity contribution in [1.29, 1.82) is 0 Å². The fourth-order valence-corrected chi connectivity index (χ4v) is 3.25. The monoisotopic (exact) mass is 378 g/mol. The third-order valence-electron chi connectivity index (χ3n) is 4.04. The van der Waals surface area contributed by atoms with Crippen LogP contribution in [0.2, 0.25) is 0 Å². The molecule has 2 aromatic heterocycles. The van der Waals surface area contributed by atoms with Gasteiger partial charge in [0.05, 0.1) is 18.3 Å². The van der Waals surface area contributed by atoms with Crippen molar-refractivity contribution in [3.63, 3.8) is 0 Å². The van der Waals surface area contributed by atoms with E-state index in [0.29, 0.717) is 32.4 Å². The number of esters is 1. The number of nitrogens with one attached hydrogen (secondary N) is 1. The molecule has 26 heavy (non-hydrogen) atoms. The Morgan fingerprint density at radius 3 is 2.96 bits per heavy atom. The standard InChI is InChI=1S/C18H26N4O3S/c1-4-25-18(24)14(8-11-26-3)21-17(23)6-5-10-22-13(2)20-15-12-19-9-7-16(15)22/h7,9,12,14H,4-6,8,10-11H2,1-3H3,(H,21,23)/t14-/m0/s1. The molecular formula is C18H26N4O3S. The van der Waals surface area contributed by atoms with E-state index in [1.54, 1.807) is 31.1 Å². The van der Waals surface area contributed by atoms with Crippen LogP contribution in [-0.4, -0.2) is 51.1 Å². The van der Waals surface area contributed by atoms with Gasteiger partial charge >= 0.3 is 5.97 Å². The summed E-state index contributed by atoms with van der Waals surface area (Å²) in [4.78, 5) is 32.8. The summed E-state index contributed by atoms with van der Waals surface area (Å²) in [5.74, 6) is 1.20. The third kappa shape index (κ3) is 5.45. The quantitative estimate of drug-likeness (QED) is 0.639. The summed E-state index contributed by atoms with van der Waals surface area (Å²) < 4.78 is 7.13. The molecule has 1 amide bonds. The fourth-order valence-electron chi connectivity index (χ4n) is 2.78. The molecule has 2 rings (SSSR count). The van der Waals surface area contributed by atoms with Crippen molar-refractivity contribution in [1.82, 2.24) is 19.9 Å². The number of aromatic nitrogens is 3. The summed E-state index contributed by atoms with van der Waals surface area (Å²) in [6.07, 6.45) is 7.03. The Morgan fingerprint density at radius 1 is 1.42 bits per heavy atom. The molecule has 2 aromatic rings. The summed E-state index contributed by atoms with van der Waals surface area (Å²) >= 11 is 1.64. The Hall–Kier alpha value is -2.09. The zero-order valence-electron chi connectivity index (χ0n) is 15.5. The van der Waals surface area contributed by atoms with E-state index in [-0.39, 0.29) is 11.9 Å². The summed E-state index contributed by atoms with van der Waals surface area (Å²) in [5.41, 5.74) is 1.87. The van der Waals surface area contributed by atoms with Gasteiger partial charge < -0.3 is 14.6 Å². The molecule has 1 N–H and O–H groups in total. The Labute approximate surface area is 157 Å². The maximum atomic E-state index is 12.2. The maximum Gasteiger partial charge on any atom is 0.328 e. The molecule has 0 bridgehead atoms. The molecule has 0 fully saturated rings. The van der Waals surface area contributed by atoms with E-state index in [0.717, 1.165) is 22.6 Å². The lowest BCUT2D eigenvalue weighted by Crippen LogP contribution is -2.42. The van der Waals surface area contributed by atoms with Crippen molar-refractivity contribution < 1.29 is 14.3 Å². The predicted octanol–water partition coefficient (Wildman–Crippen LogP) is 2.32. The second-order valence-electron chi connectivity index (χ2n) is 5.93. The number of hydrogen-bond donors (Lipinski definition) is 1. The molecule has 1 atom stereocenters. The van der Waals surface area contributed by atoms with Crippen LogP contribution in [0.4, 0.5) is 0 Å². The highest BCUT2D eigenvalue weighted by Crippen LogP contribution is 2.15. The summed E-state index contributed by atoms with van der Waals surface area (Å²) in [6.45, 7) is 4.71. The van der Waals surface area contributed by atoms with Crippen LogP contribution >= 0.6 is 11.8 Å². The number of nitrogens with zero attached hydrogens (tertiary/aromatic N) is 3. The molecular weight excluding hydrogens is 352 g/mol. The van der Waals surface area contributed by atoms with Crippen LogP contribution < -0.4 is 5.32 Å². The highest BCUT2D eigenvalue weighted by Gasteiger charge is 2.21. The first kappa shape index (κ1) is 20.2. The van der Waals surface area contributed by atoms with Gasteiger partial charge in [-0.15, -0.1) is 0 Å². The minimum absolute atomic E-state index is 0.132. The van der Waals surface area contributed by atoms with Crippen LogP contribution in [0.5, 0.6) is 0 Å². The van der Waals surface area contributed by atoms with Gasteiger partial charge in [-0.2, -0.15) is 11.8 Å². The second-order valence-corrected chi connectivity index (χ2v) is 6.92. The first-order chi connectivity index (χ1) is 12.6. The maximum absolute atomic E-state index is 12.2. The molecule has 0 saturated heterocycles. The molecule has 142 valence electrons. The van der Waals surface area contributed by atoms with E-state index in [1.165, 1.54) is 0 Å². The molecule has 0 aliphatic heterocycles. The van der Waals surface area contributed by atoms with E-state index < -0.39 is 6.04 Å². The van der Waals surface area contributed by atoms with Crippen molar-refractivity contribution in [2.24, 2.45) is 0 Å². The van der Waals surface area contributed by atoms with Gasteiger partial charge in [0.25, 0.3) is 0 Å². The van der Waals surface area contributed by atoms with E-state index in [1.807, 2.05) is 19.2 Å². The number of ether oxygens (including phenoxy) is 1. The Morgan fingerprint density at radius 2 is 2.23 bits per heavy atom. The van der Waals surface area contributed by atoms with Crippen molar-refractivity contribution in [3.05, 3.63) is 24.3 Å². The number of aryl methyl sites for hydroxylation is 2. The van der Waals surface area contributed by atoms with Gasteiger partial charge in [-0.05, 0) is 44.8 Å². The molecule has 8 heteroatoms. The number of fused-ring (bicyclic) bond motifs is 1. The van der Waals surface area contributed by atoms with E-state index >= 15 is 0 Å². The van der Waals surface area contributed by atoms with E-state index in [2.05, 4.69) is 19.9 Å². The van der Waals surface area contributed by atoms with Crippen LogP contribution in [-0.2, 0) is 20.9 Å². The molecule has 0 radical (unpaired) electrons. The van der Waals surface area contributed by atoms with Crippen LogP contribution in [0.3, 0.4) is 0 Å². The minimum atomic E-state index is -0.572. The lowest BCUT2D eigenvalue weighted by atomic mass is 10.2. The van der Waals surface area contributed by atoms with Crippen molar-refractivity contribution in [2.75, 3.05) is 18.6 Å². The number of thioether (sulfide) groups is 1. The predicted molar refractivity (Wildman–Crippen MR) is 103 cm³/mol. The van der Waals surface area contributed by atoms with Gasteiger partial charge in [-0.3, -0.25) is 9.78 Å². The van der Waals surface area contributed by atoms with Crippen molar-refractivity contribution in [2.45, 2.75) is 45.7 Å². The summed E-state index contributed by atoms with van der Waals surface area (Å²) in [7, 11) is 0. The smallest absolute Gasteiger partial charge is 0.328 e. The lowest BCUT2D eigenvalue weighted by Gasteiger charge is -2.17. The van der Waals surface area contributed by atoms with Crippen molar-refractivity contribution in [3.8, 4) is 0 Å². The van der Waals surface area contributed by atoms with Crippen molar-refractivity contribution >= 4 is 34.7 Å². The second kappa shape index (κ2) is 10.2. The van der Waals surface area contributed by atoms with Crippen LogP contribution in [0, 0.1) is 6.92 Å². The van der Waals surface area contributed by atoms with Crippen LogP contribution in [0.15, 0.2) is 18.5 Å². The average molecular weight is 378 g/mol. The van der Waals surface area contributed by atoms with Gasteiger partial charge in [-0.1, -0.05) is 0 Å². The highest BCUT2D eigenvalue weighted by molar-refractivity contribution is 7.98. The average Bonchev–Trinajstić information content (AvgIpc) is 2.94. The Kier molecular flexibility index (Phi) is 7.90. The molecule has 0 unspecified atom stereocenters. The highest BCUT2D eigenvalue weighted by atomic mass is 32.2. The minimum Gasteiger partial charge on any atom is -0.464 e. The third-order valence-corrected chi connectivity index (χ3v) is 4.69. The van der Waals surface area contributed by atoms with Gasteiger partial charge in [0.15, 0.2) is 0 Å². The molecule has 0 aromatic carbocycles. The molecule has 0 aliphatic rings. The fraction of sp³-hybridized carbons (Fsp3) is 0.556. The normalized spacial score (nSPS) is 12.1. The Bertz CT molecular complexity index is 747. The number of carbonyl (C=O) groups is 2. The first-order valence-corrected chi connectivity index (χ1v) is 10.2. The summed E-state index contributed by atoms with van der Waals surface area (Å²) in [5, 5.41) is 2.81. The number of amides is 1. The molecule has 2 heterocycles. The number of hydrogen-bond acceptors (Lipinski definition) is 6. The zero-order valence-corrected chi connectivity index (χ0v) is 16.3. The molecule has 0 saturated carbocycles. The van der Waals surface area contributed by atoms with E-state index in [4.69, 9.17) is 4.74 Å². The van der Waals surface area contributed by atoms with Crippen LogP contribution in [0.25, 0.3) is 11.0 Å². The number of pyridine rings is 1. The molecule has 0 aliphatic carbocycles. The van der Waals surface area contributed by atoms with Gasteiger partial charge in [0.2, 0.25) is 5.91 Å². The largest absolute Gasteiger partial charge is 0.464 e. The Balaban J connectivity index is 1.88. The lowest BCUT2D eigenvalue weighted by molar-refractivity contribution is -0.147. The van der Waals surface area contributed by atoms with E-state index in [9.17, 15) is 9.59 Å². The zero-order chi connectivity index (χ0) is 18.9. The molecule has 7 nitrogen and oxygen atoms in total. The number of imidazole rings is 1. The summed E-state index contributed by atoms with van der Waals surface area (Å²) in [6, 6.07) is 1.35. The number of carbonyl (C=O) groups excluding carboxylic acids is 2. The van der Waals surface area contributed by atoms with Crippen LogP contribution in [0.1, 0.15) is 32.0 Å². The topological polar surface area (TPSA) is 86.1 Å². The van der Waals surface area contributed by atoms with Gasteiger partial charge in [0.1, 0.15) is 17.4 Å². The first-order valence-electron chi connectivity index (χ1n) is 8.78. The SMILES string of the molecule is CCOC(=O)[C@H](CCSC)NC(=O)CCCn1c(C)nc2cnccc21. The molecule has 0 spiro atoms. The number of rotatable bonds is 10.